The van der Waals surface area contributed by atoms with E-state index in [0.29, 0.717) is 45.7 Å². The molecule has 5 aromatic rings. The number of imide groups is 1. The highest BCUT2D eigenvalue weighted by Crippen LogP contribution is 2.64. The van der Waals surface area contributed by atoms with Crippen LogP contribution >= 0.6 is 0 Å². The van der Waals surface area contributed by atoms with Gasteiger partial charge in [0.15, 0.2) is 11.6 Å². The van der Waals surface area contributed by atoms with Gasteiger partial charge in [0.2, 0.25) is 11.8 Å². The van der Waals surface area contributed by atoms with Crippen LogP contribution in [-0.4, -0.2) is 42.6 Å². The first-order chi connectivity index (χ1) is 27.7. The zero-order chi connectivity index (χ0) is 39.4. The van der Waals surface area contributed by atoms with Crippen molar-refractivity contribution in [1.82, 2.24) is 0 Å². The van der Waals surface area contributed by atoms with E-state index in [1.54, 1.807) is 42.5 Å². The van der Waals surface area contributed by atoms with Crippen LogP contribution in [0, 0.1) is 23.7 Å². The molecule has 282 valence electrons. The lowest BCUT2D eigenvalue weighted by atomic mass is 9.44. The molecule has 9 nitrogen and oxygen atoms in total. The number of aromatic hydroxyl groups is 1. The lowest BCUT2D eigenvalue weighted by Crippen LogP contribution is -2.58. The minimum Gasteiger partial charge on any atom is -0.508 e. The molecule has 57 heavy (non-hydrogen) atoms. The third-order valence-electron chi connectivity index (χ3n) is 12.3. The van der Waals surface area contributed by atoms with E-state index in [-0.39, 0.29) is 35.6 Å². The second kappa shape index (κ2) is 14.1. The Morgan fingerprint density at radius 1 is 0.719 bits per heavy atom. The Balaban J connectivity index is 1.11. The third-order valence-corrected chi connectivity index (χ3v) is 12.3. The monoisotopic (exact) mass is 752 g/mol. The number of hydrogen-bond donors (Lipinski definition) is 1. The van der Waals surface area contributed by atoms with Crippen LogP contribution < -0.4 is 9.80 Å². The first-order valence-corrected chi connectivity index (χ1v) is 19.2. The molecule has 2 amide bonds. The van der Waals surface area contributed by atoms with Crippen LogP contribution in [0.15, 0.2) is 161 Å². The Morgan fingerprint density at radius 2 is 1.37 bits per heavy atom. The molecular formula is C48H40N4O5. The minimum atomic E-state index is -1.36. The summed E-state index contributed by atoms with van der Waals surface area (Å²) in [5, 5.41) is 19.5. The number of fused-ring (bicyclic) bond motifs is 4. The topological polar surface area (TPSA) is 120 Å². The Labute approximate surface area is 330 Å². The van der Waals surface area contributed by atoms with Gasteiger partial charge in [-0.3, -0.25) is 24.1 Å². The number of phenolic OH excluding ortho intramolecular Hbond substituents is 1. The van der Waals surface area contributed by atoms with E-state index in [0.717, 1.165) is 11.3 Å². The van der Waals surface area contributed by atoms with Crippen LogP contribution in [0.3, 0.4) is 0 Å². The number of Topliss-reactive ketones (excluding diaryl/α,β-unsaturated/α-hetero) is 1. The van der Waals surface area contributed by atoms with Crippen molar-refractivity contribution in [3.05, 3.63) is 168 Å². The van der Waals surface area contributed by atoms with Crippen LogP contribution in [0.2, 0.25) is 0 Å². The van der Waals surface area contributed by atoms with E-state index in [1.807, 2.05) is 116 Å². The maximum atomic E-state index is 15.1. The number of azo groups is 1. The largest absolute Gasteiger partial charge is 0.508 e. The van der Waals surface area contributed by atoms with Gasteiger partial charge in [-0.1, -0.05) is 84.4 Å². The van der Waals surface area contributed by atoms with E-state index in [1.165, 1.54) is 11.0 Å². The minimum absolute atomic E-state index is 0.0299. The number of ketones is 2. The van der Waals surface area contributed by atoms with Crippen molar-refractivity contribution in [1.29, 1.82) is 0 Å². The van der Waals surface area contributed by atoms with Crippen LogP contribution in [0.25, 0.3) is 5.57 Å². The van der Waals surface area contributed by atoms with Crippen molar-refractivity contribution in [3.8, 4) is 5.75 Å². The first kappa shape index (κ1) is 35.9. The summed E-state index contributed by atoms with van der Waals surface area (Å²) in [4.78, 5) is 62.5. The number of allylic oxidation sites excluding steroid dienone is 4. The van der Waals surface area contributed by atoms with Crippen molar-refractivity contribution in [2.45, 2.75) is 24.2 Å². The van der Waals surface area contributed by atoms with Gasteiger partial charge in [0.05, 0.1) is 34.3 Å². The Bertz CT molecular complexity index is 2510. The van der Waals surface area contributed by atoms with E-state index in [4.69, 9.17) is 0 Å². The van der Waals surface area contributed by atoms with E-state index in [2.05, 4.69) is 10.2 Å². The summed E-state index contributed by atoms with van der Waals surface area (Å²) in [5.74, 6) is -4.42. The normalized spacial score (nSPS) is 25.4. The molecule has 2 fully saturated rings. The zero-order valence-electron chi connectivity index (χ0n) is 31.5. The van der Waals surface area contributed by atoms with Crippen LogP contribution in [0.5, 0.6) is 5.75 Å². The van der Waals surface area contributed by atoms with Gasteiger partial charge in [-0.05, 0) is 102 Å². The van der Waals surface area contributed by atoms with Crippen molar-refractivity contribution in [2.75, 3.05) is 23.9 Å². The number of nitrogens with zero attached hydrogens (tertiary/aromatic N) is 4. The molecule has 5 aromatic carbocycles. The molecule has 6 unspecified atom stereocenters. The lowest BCUT2D eigenvalue weighted by molar-refractivity contribution is -0.135. The summed E-state index contributed by atoms with van der Waals surface area (Å²) in [7, 11) is 3.94. The maximum absolute atomic E-state index is 15.1. The molecular weight excluding hydrogens is 713 g/mol. The predicted molar refractivity (Wildman–Crippen MR) is 219 cm³/mol. The van der Waals surface area contributed by atoms with E-state index in [9.17, 15) is 14.7 Å². The molecule has 3 aliphatic carbocycles. The number of carbonyl (C=O) groups excluding carboxylic acids is 4. The second-order valence-corrected chi connectivity index (χ2v) is 15.5. The summed E-state index contributed by atoms with van der Waals surface area (Å²) < 4.78 is 0. The zero-order valence-corrected chi connectivity index (χ0v) is 31.5. The molecule has 9 heteroatoms. The van der Waals surface area contributed by atoms with Crippen molar-refractivity contribution in [2.24, 2.45) is 33.9 Å². The number of amides is 2. The molecule has 6 atom stereocenters. The molecule has 1 saturated carbocycles. The fourth-order valence-corrected chi connectivity index (χ4v) is 9.81. The second-order valence-electron chi connectivity index (χ2n) is 15.5. The van der Waals surface area contributed by atoms with E-state index < -0.39 is 35.0 Å². The summed E-state index contributed by atoms with van der Waals surface area (Å²) in [6.45, 7) is 0. The quantitative estimate of drug-likeness (QED) is 0.101. The molecule has 1 N–H and O–H groups in total. The van der Waals surface area contributed by atoms with Crippen molar-refractivity contribution in [3.63, 3.8) is 0 Å². The van der Waals surface area contributed by atoms with Crippen LogP contribution in [0.1, 0.15) is 35.4 Å². The van der Waals surface area contributed by atoms with Gasteiger partial charge >= 0.3 is 0 Å². The third kappa shape index (κ3) is 5.84. The predicted octanol–water partition coefficient (Wildman–Crippen LogP) is 8.90. The van der Waals surface area contributed by atoms with Gasteiger partial charge in [-0.15, -0.1) is 0 Å². The average molecular weight is 753 g/mol. The number of carbonyl (C=O) groups is 4. The van der Waals surface area contributed by atoms with Gasteiger partial charge < -0.3 is 10.0 Å². The number of hydrogen-bond acceptors (Lipinski definition) is 8. The maximum Gasteiger partial charge on any atom is 0.238 e. The van der Waals surface area contributed by atoms with Gasteiger partial charge in [-0.25, -0.2) is 0 Å². The summed E-state index contributed by atoms with van der Waals surface area (Å²) in [5.41, 5.74) is 4.59. The van der Waals surface area contributed by atoms with Crippen molar-refractivity contribution >= 4 is 51.7 Å². The number of rotatable bonds is 7. The van der Waals surface area contributed by atoms with E-state index >= 15 is 9.59 Å². The summed E-state index contributed by atoms with van der Waals surface area (Å²) >= 11 is 0. The fraction of sp³-hybridized carbons (Fsp3) is 0.208. The lowest BCUT2D eigenvalue weighted by Gasteiger charge is -2.55. The Morgan fingerprint density at radius 3 is 2.02 bits per heavy atom. The van der Waals surface area contributed by atoms with Gasteiger partial charge in [0.1, 0.15) is 5.75 Å². The van der Waals surface area contributed by atoms with Gasteiger partial charge in [0.25, 0.3) is 0 Å². The fourth-order valence-electron chi connectivity index (χ4n) is 9.81. The molecule has 4 aliphatic rings. The molecule has 0 spiro atoms. The molecule has 1 heterocycles. The van der Waals surface area contributed by atoms with Gasteiger partial charge in [0, 0.05) is 37.2 Å². The molecule has 9 rings (SSSR count). The average Bonchev–Trinajstić information content (AvgIpc) is 3.50. The number of anilines is 2. The smallest absolute Gasteiger partial charge is 0.238 e. The van der Waals surface area contributed by atoms with Crippen LogP contribution in [-0.2, 0) is 24.6 Å². The van der Waals surface area contributed by atoms with Crippen LogP contribution in [0.4, 0.5) is 22.7 Å². The molecule has 0 bridgehead atoms. The van der Waals surface area contributed by atoms with Gasteiger partial charge in [-0.2, -0.15) is 10.2 Å². The highest BCUT2D eigenvalue weighted by atomic mass is 16.3. The molecule has 1 aliphatic heterocycles. The Kier molecular flexibility index (Phi) is 8.88. The number of phenols is 1. The first-order valence-electron chi connectivity index (χ1n) is 19.2. The SMILES string of the molecule is CN(C)c1ccc(N=Nc2ccc(N3C(=O)C4CC=C5C(CC6C(=O)C(c7ccccc7)=CC(=O)C6(c6ccccc6)C5c5cccc(O)c5)C4C3=O)cc2)cc1. The molecule has 0 aromatic heterocycles. The molecule has 0 radical (unpaired) electrons. The summed E-state index contributed by atoms with van der Waals surface area (Å²) in [6.07, 6.45) is 4.03. The number of benzene rings is 5. The highest BCUT2D eigenvalue weighted by Gasteiger charge is 2.66. The van der Waals surface area contributed by atoms with Crippen molar-refractivity contribution < 1.29 is 24.3 Å². The highest BCUT2D eigenvalue weighted by molar-refractivity contribution is 6.32. The standard InChI is InChI=1S/C48H40N4O5/c1-51(2)34-20-16-32(17-21-34)49-50-33-18-22-35(23-19-33)52-46(56)38-25-24-37-40(43(38)47(52)57)27-41-45(55)39(29-10-5-3-6-11-29)28-42(54)48(41,31-13-7-4-8-14-31)44(37)30-12-9-15-36(53)26-30/h3-24,26,28,38,40-41,43-44,53H,25,27H2,1-2H3. The molecule has 1 saturated heterocycles. The Hall–Kier alpha value is -6.74. The summed E-state index contributed by atoms with van der Waals surface area (Å²) in [6, 6.07) is 40.1.